The fourth-order valence-corrected chi connectivity index (χ4v) is 2.74. The van der Waals surface area contributed by atoms with Gasteiger partial charge in [-0.05, 0) is 13.8 Å². The molecular formula is C12H18N2O4S. The van der Waals surface area contributed by atoms with Gasteiger partial charge in [0.1, 0.15) is 11.0 Å². The van der Waals surface area contributed by atoms with Crippen molar-refractivity contribution in [2.75, 3.05) is 26.9 Å². The van der Waals surface area contributed by atoms with Crippen molar-refractivity contribution >= 4 is 17.2 Å². The molecule has 1 saturated heterocycles. The zero-order chi connectivity index (χ0) is 13.8. The molecule has 1 aliphatic rings. The van der Waals surface area contributed by atoms with E-state index in [1.54, 1.807) is 6.92 Å². The minimum absolute atomic E-state index is 0.0796. The summed E-state index contributed by atoms with van der Waals surface area (Å²) in [6, 6.07) is -0.111. The smallest absolute Gasteiger partial charge is 0.273 e. The molecule has 2 rings (SSSR count). The highest BCUT2D eigenvalue weighted by Crippen LogP contribution is 2.24. The van der Waals surface area contributed by atoms with Crippen LogP contribution in [0.4, 0.5) is 0 Å². The molecule has 0 spiro atoms. The fourth-order valence-electron chi connectivity index (χ4n) is 1.95. The molecule has 0 radical (unpaired) electrons. The molecule has 1 fully saturated rings. The molecule has 1 amide bonds. The molecule has 19 heavy (non-hydrogen) atoms. The number of methoxy groups -OCH3 is 1. The molecule has 2 atom stereocenters. The quantitative estimate of drug-likeness (QED) is 0.874. The lowest BCUT2D eigenvalue weighted by Gasteiger charge is -2.18. The van der Waals surface area contributed by atoms with Crippen LogP contribution in [0, 0.1) is 6.92 Å². The molecule has 0 bridgehead atoms. The summed E-state index contributed by atoms with van der Waals surface area (Å²) in [4.78, 5) is 16.9. The van der Waals surface area contributed by atoms with Gasteiger partial charge in [0, 0.05) is 6.61 Å². The third-order valence-electron chi connectivity index (χ3n) is 2.88. The predicted octanol–water partition coefficient (Wildman–Crippen LogP) is 0.994. The second-order valence-corrected chi connectivity index (χ2v) is 5.17. The van der Waals surface area contributed by atoms with E-state index < -0.39 is 0 Å². The number of nitrogens with one attached hydrogen (secondary N) is 1. The van der Waals surface area contributed by atoms with E-state index in [-0.39, 0.29) is 18.1 Å². The number of nitrogens with zero attached hydrogens (tertiary/aromatic N) is 1. The summed E-state index contributed by atoms with van der Waals surface area (Å²) in [5, 5.41) is 3.43. The van der Waals surface area contributed by atoms with Crippen molar-refractivity contribution in [2.45, 2.75) is 26.0 Å². The van der Waals surface area contributed by atoms with E-state index in [4.69, 9.17) is 14.2 Å². The van der Waals surface area contributed by atoms with E-state index in [9.17, 15) is 4.79 Å². The summed E-state index contributed by atoms with van der Waals surface area (Å²) < 4.78 is 15.9. The van der Waals surface area contributed by atoms with Crippen molar-refractivity contribution in [1.29, 1.82) is 0 Å². The topological polar surface area (TPSA) is 69.7 Å². The van der Waals surface area contributed by atoms with Gasteiger partial charge < -0.3 is 19.5 Å². The number of ether oxygens (including phenoxy) is 3. The Balaban J connectivity index is 2.01. The Kier molecular flexibility index (Phi) is 4.73. The zero-order valence-electron chi connectivity index (χ0n) is 11.3. The molecule has 0 saturated carbocycles. The van der Waals surface area contributed by atoms with Crippen molar-refractivity contribution in [1.82, 2.24) is 10.3 Å². The molecule has 1 aromatic heterocycles. The average Bonchev–Trinajstić information content (AvgIpc) is 2.97. The SMILES string of the molecule is CCO[C@@H]1COC[C@H]1NC(=O)c1sc(OC)nc1C. The number of hydrogen-bond donors (Lipinski definition) is 1. The van der Waals surface area contributed by atoms with Gasteiger partial charge in [0.2, 0.25) is 0 Å². The van der Waals surface area contributed by atoms with E-state index in [1.807, 2.05) is 6.92 Å². The van der Waals surface area contributed by atoms with Gasteiger partial charge in [-0.25, -0.2) is 4.98 Å². The second-order valence-electron chi connectivity index (χ2n) is 4.21. The van der Waals surface area contributed by atoms with Gasteiger partial charge in [0.25, 0.3) is 11.1 Å². The molecule has 1 aromatic rings. The van der Waals surface area contributed by atoms with Crippen LogP contribution in [0.1, 0.15) is 22.3 Å². The van der Waals surface area contributed by atoms with Crippen LogP contribution in [0.5, 0.6) is 5.19 Å². The Bertz CT molecular complexity index is 449. The normalized spacial score (nSPS) is 22.5. The Morgan fingerprint density at radius 3 is 3.00 bits per heavy atom. The van der Waals surface area contributed by atoms with Gasteiger partial charge in [-0.3, -0.25) is 4.79 Å². The number of thiazole rings is 1. The summed E-state index contributed by atoms with van der Waals surface area (Å²) in [6.07, 6.45) is -0.0796. The maximum atomic E-state index is 12.2. The Morgan fingerprint density at radius 1 is 1.58 bits per heavy atom. The Hall–Kier alpha value is -1.18. The van der Waals surface area contributed by atoms with Crippen LogP contribution < -0.4 is 10.1 Å². The maximum Gasteiger partial charge on any atom is 0.273 e. The van der Waals surface area contributed by atoms with Crippen LogP contribution in [0.25, 0.3) is 0 Å². The lowest BCUT2D eigenvalue weighted by Crippen LogP contribution is -2.43. The molecule has 0 aromatic carbocycles. The lowest BCUT2D eigenvalue weighted by atomic mass is 10.2. The van der Waals surface area contributed by atoms with E-state index in [1.165, 1.54) is 18.4 Å². The molecule has 2 heterocycles. The van der Waals surface area contributed by atoms with Crippen molar-refractivity contribution in [3.8, 4) is 5.19 Å². The minimum atomic E-state index is -0.154. The Labute approximate surface area is 116 Å². The van der Waals surface area contributed by atoms with Gasteiger partial charge in [-0.2, -0.15) is 0 Å². The maximum absolute atomic E-state index is 12.2. The van der Waals surface area contributed by atoms with Crippen molar-refractivity contribution in [3.05, 3.63) is 10.6 Å². The van der Waals surface area contributed by atoms with Gasteiger partial charge in [0.05, 0.1) is 32.1 Å². The second kappa shape index (κ2) is 6.31. The van der Waals surface area contributed by atoms with E-state index in [0.29, 0.717) is 35.6 Å². The number of amides is 1. The molecule has 106 valence electrons. The lowest BCUT2D eigenvalue weighted by molar-refractivity contribution is 0.0403. The minimum Gasteiger partial charge on any atom is -0.473 e. The van der Waals surface area contributed by atoms with Crippen LogP contribution in [0.3, 0.4) is 0 Å². The summed E-state index contributed by atoms with van der Waals surface area (Å²) >= 11 is 1.24. The largest absolute Gasteiger partial charge is 0.473 e. The summed E-state index contributed by atoms with van der Waals surface area (Å²) in [5.41, 5.74) is 0.672. The predicted molar refractivity (Wildman–Crippen MR) is 70.9 cm³/mol. The summed E-state index contributed by atoms with van der Waals surface area (Å²) in [5.74, 6) is -0.154. The van der Waals surface area contributed by atoms with Crippen LogP contribution in [0.15, 0.2) is 0 Å². The van der Waals surface area contributed by atoms with Crippen LogP contribution in [0.2, 0.25) is 0 Å². The van der Waals surface area contributed by atoms with Crippen LogP contribution in [-0.4, -0.2) is 50.0 Å². The number of hydrogen-bond acceptors (Lipinski definition) is 6. The summed E-state index contributed by atoms with van der Waals surface area (Å²) in [6.45, 7) is 5.32. The third-order valence-corrected chi connectivity index (χ3v) is 4.00. The van der Waals surface area contributed by atoms with Crippen LogP contribution in [-0.2, 0) is 9.47 Å². The number of carbonyl (C=O) groups is 1. The van der Waals surface area contributed by atoms with Crippen molar-refractivity contribution < 1.29 is 19.0 Å². The Morgan fingerprint density at radius 2 is 2.37 bits per heavy atom. The number of carbonyl (C=O) groups excluding carboxylic acids is 1. The fraction of sp³-hybridized carbons (Fsp3) is 0.667. The standard InChI is InChI=1S/C12H18N2O4S/c1-4-18-9-6-17-5-8(9)14-11(15)10-7(2)13-12(16-3)19-10/h8-9H,4-6H2,1-3H3,(H,14,15)/t8-,9-/m1/s1. The average molecular weight is 286 g/mol. The van der Waals surface area contributed by atoms with Crippen molar-refractivity contribution in [2.24, 2.45) is 0 Å². The molecule has 7 heteroatoms. The van der Waals surface area contributed by atoms with Crippen molar-refractivity contribution in [3.63, 3.8) is 0 Å². The van der Waals surface area contributed by atoms with E-state index in [2.05, 4.69) is 10.3 Å². The third kappa shape index (κ3) is 3.23. The highest BCUT2D eigenvalue weighted by Gasteiger charge is 2.31. The molecule has 6 nitrogen and oxygen atoms in total. The number of aryl methyl sites for hydroxylation is 1. The van der Waals surface area contributed by atoms with Gasteiger partial charge >= 0.3 is 0 Å². The highest BCUT2D eigenvalue weighted by atomic mass is 32.1. The monoisotopic (exact) mass is 286 g/mol. The molecular weight excluding hydrogens is 268 g/mol. The number of aromatic nitrogens is 1. The van der Waals surface area contributed by atoms with E-state index in [0.717, 1.165) is 0 Å². The zero-order valence-corrected chi connectivity index (χ0v) is 12.1. The first-order valence-corrected chi connectivity index (χ1v) is 6.99. The van der Waals surface area contributed by atoms with Gasteiger partial charge in [0.15, 0.2) is 0 Å². The first-order valence-electron chi connectivity index (χ1n) is 6.17. The number of rotatable bonds is 5. The molecule has 0 unspecified atom stereocenters. The van der Waals surface area contributed by atoms with Gasteiger partial charge in [-0.15, -0.1) is 0 Å². The first kappa shape index (κ1) is 14.2. The van der Waals surface area contributed by atoms with Gasteiger partial charge in [-0.1, -0.05) is 11.3 Å². The molecule has 1 N–H and O–H groups in total. The molecule has 1 aliphatic heterocycles. The van der Waals surface area contributed by atoms with E-state index >= 15 is 0 Å². The summed E-state index contributed by atoms with van der Waals surface area (Å²) in [7, 11) is 1.54. The first-order chi connectivity index (χ1) is 9.15. The highest BCUT2D eigenvalue weighted by molar-refractivity contribution is 7.15. The molecule has 0 aliphatic carbocycles. The van der Waals surface area contributed by atoms with Crippen LogP contribution >= 0.6 is 11.3 Å².